The van der Waals surface area contributed by atoms with Gasteiger partial charge in [-0.1, -0.05) is 6.92 Å². The highest BCUT2D eigenvalue weighted by molar-refractivity contribution is 5.59. The van der Waals surface area contributed by atoms with Crippen LogP contribution in [-0.4, -0.2) is 36.3 Å². The normalized spacial score (nSPS) is 17.3. The molecular weight excluding hydrogens is 595 g/mol. The number of benzene rings is 2. The molecule has 6 nitrogen and oxygen atoms in total. The molecule has 0 saturated carbocycles. The van der Waals surface area contributed by atoms with Gasteiger partial charge >= 0.3 is 18.5 Å². The minimum absolute atomic E-state index is 0.00919. The Morgan fingerprint density at radius 1 is 0.884 bits per heavy atom. The van der Waals surface area contributed by atoms with Crippen molar-refractivity contribution in [2.24, 2.45) is 0 Å². The largest absolute Gasteiger partial charge is 0.488 e. The van der Waals surface area contributed by atoms with E-state index in [1.165, 1.54) is 19.4 Å². The topological polar surface area (TPSA) is 68.3 Å². The zero-order valence-corrected chi connectivity index (χ0v) is 22.8. The van der Waals surface area contributed by atoms with E-state index in [-0.39, 0.29) is 48.3 Å². The van der Waals surface area contributed by atoms with E-state index in [1.807, 2.05) is 6.92 Å². The molecule has 0 bridgehead atoms. The Labute approximate surface area is 240 Å². The van der Waals surface area contributed by atoms with Crippen LogP contribution in [0.2, 0.25) is 0 Å². The van der Waals surface area contributed by atoms with Crippen molar-refractivity contribution in [2.45, 2.75) is 56.8 Å². The van der Waals surface area contributed by atoms with E-state index in [2.05, 4.69) is 20.6 Å². The Kier molecular flexibility index (Phi) is 9.33. The van der Waals surface area contributed by atoms with Gasteiger partial charge in [0, 0.05) is 25.3 Å². The fourth-order valence-corrected chi connectivity index (χ4v) is 4.68. The van der Waals surface area contributed by atoms with Gasteiger partial charge in [0.25, 0.3) is 0 Å². The molecule has 43 heavy (non-hydrogen) atoms. The summed E-state index contributed by atoms with van der Waals surface area (Å²) in [6.45, 7) is 2.00. The van der Waals surface area contributed by atoms with Gasteiger partial charge in [-0.15, -0.1) is 0 Å². The van der Waals surface area contributed by atoms with Gasteiger partial charge < -0.3 is 20.1 Å². The van der Waals surface area contributed by atoms with Crippen LogP contribution < -0.4 is 15.4 Å². The van der Waals surface area contributed by atoms with Gasteiger partial charge in [-0.2, -0.15) is 39.5 Å². The van der Waals surface area contributed by atoms with E-state index in [0.717, 1.165) is 12.1 Å². The number of rotatable bonds is 9. The van der Waals surface area contributed by atoms with E-state index >= 15 is 0 Å². The average molecular weight is 623 g/mol. The number of alkyl halides is 9. The van der Waals surface area contributed by atoms with Gasteiger partial charge in [0.2, 0.25) is 5.95 Å². The SMILES string of the molecule is CC[C@@H]1C[C@H](Nc2ncc(OCCOC)c(Cc3cc(C(F)(F)F)cc(C(F)(F)F)c3)n2)c2cc(C(F)(F)F)ccc2N1. The lowest BCUT2D eigenvalue weighted by Crippen LogP contribution is -2.31. The van der Waals surface area contributed by atoms with E-state index in [1.54, 1.807) is 0 Å². The minimum Gasteiger partial charge on any atom is -0.488 e. The number of hydrogen-bond donors (Lipinski definition) is 2. The summed E-state index contributed by atoms with van der Waals surface area (Å²) in [5.74, 6) is -0.104. The Hall–Kier alpha value is -3.75. The van der Waals surface area contributed by atoms with Crippen LogP contribution in [0, 0.1) is 0 Å². The predicted molar refractivity (Wildman–Crippen MR) is 139 cm³/mol. The number of ether oxygens (including phenoxy) is 2. The van der Waals surface area contributed by atoms with Crippen molar-refractivity contribution < 1.29 is 49.0 Å². The van der Waals surface area contributed by atoms with E-state index < -0.39 is 47.7 Å². The molecule has 2 aromatic carbocycles. The molecular formula is C28H27F9N4O2. The number of anilines is 2. The summed E-state index contributed by atoms with van der Waals surface area (Å²) in [5.41, 5.74) is -3.41. The second-order valence-corrected chi connectivity index (χ2v) is 9.92. The first-order chi connectivity index (χ1) is 20.1. The summed E-state index contributed by atoms with van der Waals surface area (Å²) in [7, 11) is 1.40. The molecule has 234 valence electrons. The summed E-state index contributed by atoms with van der Waals surface area (Å²) in [6, 6.07) is 3.72. The highest BCUT2D eigenvalue weighted by Gasteiger charge is 2.37. The van der Waals surface area contributed by atoms with Crippen molar-refractivity contribution >= 4 is 11.6 Å². The summed E-state index contributed by atoms with van der Waals surface area (Å²) in [6.07, 6.45) is -13.0. The van der Waals surface area contributed by atoms with Crippen molar-refractivity contribution in [2.75, 3.05) is 31.0 Å². The number of fused-ring (bicyclic) bond motifs is 1. The molecule has 0 radical (unpaired) electrons. The minimum atomic E-state index is -5.04. The third-order valence-electron chi connectivity index (χ3n) is 6.82. The molecule has 2 atom stereocenters. The third-order valence-corrected chi connectivity index (χ3v) is 6.82. The molecule has 1 aliphatic heterocycles. The first kappa shape index (κ1) is 32.2. The maximum atomic E-state index is 13.5. The molecule has 0 aliphatic carbocycles. The zero-order chi connectivity index (χ0) is 31.6. The van der Waals surface area contributed by atoms with Crippen LogP contribution in [0.1, 0.15) is 59.3 Å². The third kappa shape index (κ3) is 8.00. The highest BCUT2D eigenvalue weighted by atomic mass is 19.4. The Bertz CT molecular complexity index is 1390. The second kappa shape index (κ2) is 12.5. The highest BCUT2D eigenvalue weighted by Crippen LogP contribution is 2.40. The molecule has 0 unspecified atom stereocenters. The summed E-state index contributed by atoms with van der Waals surface area (Å²) >= 11 is 0. The van der Waals surface area contributed by atoms with Crippen LogP contribution in [0.3, 0.4) is 0 Å². The standard InChI is InChI=1S/C28H27F9N4O2/c1-3-19-13-22(20-12-16(26(29,30)31)4-5-21(20)39-19)40-25-38-14-24(43-7-6-42-2)23(41-25)10-15-8-17(27(32,33)34)11-18(9-15)28(35,36)37/h4-5,8-9,11-12,14,19,22,39H,3,6-7,10,13H2,1-2H3,(H,38,40,41)/t19-,22+/m1/s1. The Morgan fingerprint density at radius 2 is 1.53 bits per heavy atom. The first-order valence-electron chi connectivity index (χ1n) is 13.1. The number of nitrogens with zero attached hydrogens (tertiary/aromatic N) is 2. The smallest absolute Gasteiger partial charge is 0.416 e. The lowest BCUT2D eigenvalue weighted by atomic mass is 9.90. The monoisotopic (exact) mass is 622 g/mol. The first-order valence-corrected chi connectivity index (χ1v) is 13.1. The number of halogens is 9. The van der Waals surface area contributed by atoms with Crippen LogP contribution >= 0.6 is 0 Å². The lowest BCUT2D eigenvalue weighted by molar-refractivity contribution is -0.143. The molecule has 0 amide bonds. The van der Waals surface area contributed by atoms with Gasteiger partial charge in [0.15, 0.2) is 5.75 Å². The van der Waals surface area contributed by atoms with E-state index in [9.17, 15) is 39.5 Å². The molecule has 3 aromatic rings. The fraction of sp³-hybridized carbons (Fsp3) is 0.429. The zero-order valence-electron chi connectivity index (χ0n) is 22.8. The summed E-state index contributed by atoms with van der Waals surface area (Å²) < 4.78 is 132. The Balaban J connectivity index is 1.73. The van der Waals surface area contributed by atoms with Crippen LogP contribution in [-0.2, 0) is 29.7 Å². The maximum absolute atomic E-state index is 13.5. The fourth-order valence-electron chi connectivity index (χ4n) is 4.68. The van der Waals surface area contributed by atoms with Crippen molar-refractivity contribution in [1.82, 2.24) is 9.97 Å². The summed E-state index contributed by atoms with van der Waals surface area (Å²) in [5, 5.41) is 6.20. The number of nitrogens with one attached hydrogen (secondary N) is 2. The van der Waals surface area contributed by atoms with Crippen molar-refractivity contribution in [1.29, 1.82) is 0 Å². The van der Waals surface area contributed by atoms with E-state index in [0.29, 0.717) is 36.2 Å². The molecule has 0 fully saturated rings. The molecule has 2 heterocycles. The van der Waals surface area contributed by atoms with Gasteiger partial charge in [-0.3, -0.25) is 0 Å². The van der Waals surface area contributed by atoms with Crippen molar-refractivity contribution in [3.8, 4) is 5.75 Å². The Morgan fingerprint density at radius 3 is 2.12 bits per heavy atom. The van der Waals surface area contributed by atoms with Crippen LogP contribution in [0.5, 0.6) is 5.75 Å². The van der Waals surface area contributed by atoms with Gasteiger partial charge in [-0.05, 0) is 60.4 Å². The molecule has 0 saturated heterocycles. The predicted octanol–water partition coefficient (Wildman–Crippen LogP) is 7.90. The number of hydrogen-bond acceptors (Lipinski definition) is 6. The molecule has 1 aliphatic rings. The number of aromatic nitrogens is 2. The second-order valence-electron chi connectivity index (χ2n) is 9.92. The van der Waals surface area contributed by atoms with Crippen molar-refractivity contribution in [3.05, 3.63) is 76.1 Å². The van der Waals surface area contributed by atoms with Gasteiger partial charge in [0.1, 0.15) is 6.61 Å². The number of methoxy groups -OCH3 is 1. The van der Waals surface area contributed by atoms with Crippen LogP contribution in [0.25, 0.3) is 0 Å². The van der Waals surface area contributed by atoms with Crippen molar-refractivity contribution in [3.63, 3.8) is 0 Å². The van der Waals surface area contributed by atoms with E-state index in [4.69, 9.17) is 9.47 Å². The molecule has 15 heteroatoms. The molecule has 4 rings (SSSR count). The van der Waals surface area contributed by atoms with Crippen LogP contribution in [0.15, 0.2) is 42.6 Å². The van der Waals surface area contributed by atoms with Gasteiger partial charge in [0.05, 0.1) is 41.2 Å². The summed E-state index contributed by atoms with van der Waals surface area (Å²) in [4.78, 5) is 8.50. The quantitative estimate of drug-likeness (QED) is 0.187. The molecule has 2 N–H and O–H groups in total. The molecule has 0 spiro atoms. The molecule has 1 aromatic heterocycles. The van der Waals surface area contributed by atoms with Gasteiger partial charge in [-0.25, -0.2) is 9.97 Å². The maximum Gasteiger partial charge on any atom is 0.416 e. The lowest BCUT2D eigenvalue weighted by Gasteiger charge is -2.34. The average Bonchev–Trinajstić information content (AvgIpc) is 2.92. The van der Waals surface area contributed by atoms with Crippen LogP contribution in [0.4, 0.5) is 51.1 Å².